The third-order valence-electron chi connectivity index (χ3n) is 6.45. The van der Waals surface area contributed by atoms with E-state index >= 15 is 0 Å². The number of ether oxygens (including phenoxy) is 1. The third kappa shape index (κ3) is 5.23. The van der Waals surface area contributed by atoms with Gasteiger partial charge in [-0.05, 0) is 67.6 Å². The molecule has 0 radical (unpaired) electrons. The lowest BCUT2D eigenvalue weighted by Crippen LogP contribution is -2.30. The van der Waals surface area contributed by atoms with E-state index in [0.717, 1.165) is 23.5 Å². The summed E-state index contributed by atoms with van der Waals surface area (Å²) in [6.45, 7) is 1.29. The van der Waals surface area contributed by atoms with E-state index in [-0.39, 0.29) is 39.9 Å². The van der Waals surface area contributed by atoms with E-state index in [4.69, 9.17) is 16.3 Å². The molecule has 2 aliphatic rings. The number of benzene rings is 2. The molecule has 4 rings (SSSR count). The van der Waals surface area contributed by atoms with Gasteiger partial charge in [-0.1, -0.05) is 18.5 Å². The van der Waals surface area contributed by atoms with Crippen LogP contribution in [0.2, 0.25) is 5.02 Å². The molecule has 0 unspecified atom stereocenters. The number of carbonyl (C=O) groups excluding carboxylic acids is 4. The van der Waals surface area contributed by atoms with Gasteiger partial charge < -0.3 is 10.1 Å². The van der Waals surface area contributed by atoms with Gasteiger partial charge in [-0.2, -0.15) is 13.2 Å². The summed E-state index contributed by atoms with van der Waals surface area (Å²) in [6.07, 6.45) is -2.38. The summed E-state index contributed by atoms with van der Waals surface area (Å²) < 4.78 is 43.6. The second kappa shape index (κ2) is 9.93. The number of nitrogens with one attached hydrogen (secondary N) is 1. The number of alkyl halides is 3. The van der Waals surface area contributed by atoms with Crippen LogP contribution in [0.5, 0.6) is 0 Å². The van der Waals surface area contributed by atoms with Crippen molar-refractivity contribution in [1.82, 2.24) is 0 Å². The van der Waals surface area contributed by atoms with Crippen LogP contribution in [0.15, 0.2) is 42.5 Å². The van der Waals surface area contributed by atoms with E-state index in [2.05, 4.69) is 12.2 Å². The van der Waals surface area contributed by atoms with E-state index < -0.39 is 30.2 Å². The monoisotopic (exact) mass is 522 g/mol. The van der Waals surface area contributed by atoms with E-state index in [1.807, 2.05) is 0 Å². The fourth-order valence-corrected chi connectivity index (χ4v) is 4.75. The van der Waals surface area contributed by atoms with Crippen LogP contribution >= 0.6 is 11.6 Å². The molecule has 3 amide bonds. The van der Waals surface area contributed by atoms with Gasteiger partial charge in [0.25, 0.3) is 5.91 Å². The van der Waals surface area contributed by atoms with Crippen LogP contribution in [-0.2, 0) is 25.3 Å². The highest BCUT2D eigenvalue weighted by atomic mass is 35.5. The molecule has 190 valence electrons. The van der Waals surface area contributed by atoms with Crippen molar-refractivity contribution >= 4 is 46.7 Å². The Hall–Kier alpha value is -3.40. The van der Waals surface area contributed by atoms with Crippen molar-refractivity contribution < 1.29 is 37.1 Å². The van der Waals surface area contributed by atoms with Gasteiger partial charge in [0, 0.05) is 0 Å². The molecule has 1 saturated carbocycles. The molecule has 3 atom stereocenters. The molecule has 11 heteroatoms. The predicted molar refractivity (Wildman–Crippen MR) is 124 cm³/mol. The smallest absolute Gasteiger partial charge is 0.416 e. The lowest BCUT2D eigenvalue weighted by molar-refractivity contribution is -0.137. The average molecular weight is 523 g/mol. The number of anilines is 2. The summed E-state index contributed by atoms with van der Waals surface area (Å²) in [5, 5.41) is 2.07. The zero-order chi connectivity index (χ0) is 26.2. The minimum atomic E-state index is -4.62. The van der Waals surface area contributed by atoms with Crippen molar-refractivity contribution in [1.29, 1.82) is 0 Å². The Morgan fingerprint density at radius 2 is 1.72 bits per heavy atom. The number of hydrogen-bond donors (Lipinski definition) is 1. The number of esters is 1. The SMILES string of the molecule is C[C@@H]1CC[C@H]2C(=O)N(c3ccc(C(=O)OCC(=O)Nc4cc(C(F)(F)F)ccc4Cl)cc3)C(=O)[C@@H]2C1. The first-order chi connectivity index (χ1) is 17.0. The fourth-order valence-electron chi connectivity index (χ4n) is 4.59. The van der Waals surface area contributed by atoms with Crippen molar-refractivity contribution in [3.63, 3.8) is 0 Å². The van der Waals surface area contributed by atoms with Gasteiger partial charge in [-0.15, -0.1) is 0 Å². The van der Waals surface area contributed by atoms with Crippen LogP contribution in [-0.4, -0.2) is 30.3 Å². The van der Waals surface area contributed by atoms with Crippen LogP contribution < -0.4 is 10.2 Å². The van der Waals surface area contributed by atoms with Crippen molar-refractivity contribution in [2.45, 2.75) is 32.4 Å². The zero-order valence-corrected chi connectivity index (χ0v) is 19.9. The van der Waals surface area contributed by atoms with Crippen molar-refractivity contribution in [2.24, 2.45) is 17.8 Å². The van der Waals surface area contributed by atoms with Gasteiger partial charge >= 0.3 is 12.1 Å². The molecule has 36 heavy (non-hydrogen) atoms. The Morgan fingerprint density at radius 1 is 1.06 bits per heavy atom. The Kier molecular flexibility index (Phi) is 7.08. The minimum absolute atomic E-state index is 0.0637. The van der Waals surface area contributed by atoms with E-state index in [1.165, 1.54) is 24.3 Å². The van der Waals surface area contributed by atoms with Crippen LogP contribution in [0.4, 0.5) is 24.5 Å². The molecule has 7 nitrogen and oxygen atoms in total. The largest absolute Gasteiger partial charge is 0.452 e. The van der Waals surface area contributed by atoms with Crippen LogP contribution in [0.3, 0.4) is 0 Å². The Morgan fingerprint density at radius 3 is 2.39 bits per heavy atom. The molecule has 0 bridgehead atoms. The van der Waals surface area contributed by atoms with Gasteiger partial charge in [0.15, 0.2) is 6.61 Å². The molecule has 1 heterocycles. The number of nitrogens with zero attached hydrogens (tertiary/aromatic N) is 1. The molecule has 1 N–H and O–H groups in total. The summed E-state index contributed by atoms with van der Waals surface area (Å²) >= 11 is 5.84. The van der Waals surface area contributed by atoms with Crippen molar-refractivity contribution in [2.75, 3.05) is 16.8 Å². The fraction of sp³-hybridized carbons (Fsp3) is 0.360. The first-order valence-electron chi connectivity index (χ1n) is 11.3. The van der Waals surface area contributed by atoms with E-state index in [0.29, 0.717) is 30.5 Å². The number of amides is 3. The van der Waals surface area contributed by atoms with Crippen LogP contribution in [0.25, 0.3) is 0 Å². The predicted octanol–water partition coefficient (Wildman–Crippen LogP) is 5.08. The molecule has 2 fully saturated rings. The van der Waals surface area contributed by atoms with Crippen molar-refractivity contribution in [3.05, 3.63) is 58.6 Å². The van der Waals surface area contributed by atoms with Gasteiger partial charge in [0.2, 0.25) is 11.8 Å². The number of imide groups is 1. The van der Waals surface area contributed by atoms with Crippen molar-refractivity contribution in [3.8, 4) is 0 Å². The summed E-state index contributed by atoms with van der Waals surface area (Å²) in [6, 6.07) is 8.09. The lowest BCUT2D eigenvalue weighted by Gasteiger charge is -2.25. The molecular formula is C25H22ClF3N2O5. The minimum Gasteiger partial charge on any atom is -0.452 e. The van der Waals surface area contributed by atoms with E-state index in [1.54, 1.807) is 0 Å². The maximum Gasteiger partial charge on any atom is 0.416 e. The number of halogens is 4. The Labute approximate surface area is 209 Å². The lowest BCUT2D eigenvalue weighted by atomic mass is 9.76. The molecular weight excluding hydrogens is 501 g/mol. The molecule has 0 aromatic heterocycles. The highest BCUT2D eigenvalue weighted by Gasteiger charge is 2.49. The molecule has 1 saturated heterocycles. The standard InChI is InChI=1S/C25H22ClF3N2O5/c1-13-2-8-17-18(10-13)23(34)31(22(17)33)16-6-3-14(4-7-16)24(35)36-12-21(32)30-20-11-15(25(27,28)29)5-9-19(20)26/h3-7,9,11,13,17-18H,2,8,10,12H2,1H3,(H,30,32)/t13-,17-,18-/m1/s1. The molecule has 2 aromatic carbocycles. The summed E-state index contributed by atoms with van der Waals surface area (Å²) in [4.78, 5) is 51.2. The van der Waals surface area contributed by atoms with Gasteiger partial charge in [-0.25, -0.2) is 4.79 Å². The topological polar surface area (TPSA) is 92.8 Å². The summed E-state index contributed by atoms with van der Waals surface area (Å²) in [5.74, 6) is -2.49. The van der Waals surface area contributed by atoms with Gasteiger partial charge in [0.1, 0.15) is 0 Å². The Balaban J connectivity index is 1.36. The molecule has 0 spiro atoms. The number of rotatable bonds is 5. The number of fused-ring (bicyclic) bond motifs is 1. The molecule has 1 aliphatic heterocycles. The average Bonchev–Trinajstić information content (AvgIpc) is 3.07. The normalized spacial score (nSPS) is 21.8. The van der Waals surface area contributed by atoms with E-state index in [9.17, 15) is 32.3 Å². The highest BCUT2D eigenvalue weighted by molar-refractivity contribution is 6.33. The van der Waals surface area contributed by atoms with Crippen LogP contribution in [0.1, 0.15) is 42.1 Å². The maximum atomic E-state index is 12.9. The summed E-state index contributed by atoms with van der Waals surface area (Å²) in [7, 11) is 0. The number of hydrogen-bond acceptors (Lipinski definition) is 5. The first kappa shape index (κ1) is 25.7. The zero-order valence-electron chi connectivity index (χ0n) is 19.1. The second-order valence-electron chi connectivity index (χ2n) is 9.01. The second-order valence-corrected chi connectivity index (χ2v) is 9.41. The molecule has 2 aromatic rings. The molecule has 1 aliphatic carbocycles. The van der Waals surface area contributed by atoms with Gasteiger partial charge in [-0.3, -0.25) is 19.3 Å². The van der Waals surface area contributed by atoms with Crippen LogP contribution in [0, 0.1) is 17.8 Å². The van der Waals surface area contributed by atoms with Gasteiger partial charge in [0.05, 0.1) is 39.4 Å². The quantitative estimate of drug-likeness (QED) is 0.437. The first-order valence-corrected chi connectivity index (χ1v) is 11.6. The highest BCUT2D eigenvalue weighted by Crippen LogP contribution is 2.42. The summed E-state index contributed by atoms with van der Waals surface area (Å²) in [5.41, 5.74) is -0.857. The number of carbonyl (C=O) groups is 4. The Bertz CT molecular complexity index is 1220. The third-order valence-corrected chi connectivity index (χ3v) is 6.78. The maximum absolute atomic E-state index is 12.9.